The Labute approximate surface area is 129 Å². The highest BCUT2D eigenvalue weighted by Crippen LogP contribution is 2.31. The molecule has 1 N–H and O–H groups in total. The minimum Gasteiger partial charge on any atom is -0.479 e. The Balaban J connectivity index is 2.40. The average molecular weight is 327 g/mol. The Morgan fingerprint density at radius 2 is 2.10 bits per heavy atom. The first-order chi connectivity index (χ1) is 9.63. The zero-order valence-corrected chi connectivity index (χ0v) is 12.6. The smallest absolute Gasteiger partial charge is 0.242 e. The fourth-order valence-corrected chi connectivity index (χ4v) is 2.61. The summed E-state index contributed by atoms with van der Waals surface area (Å²) in [7, 11) is 1.53. The fraction of sp³-hybridized carbons (Fsp3) is 0.0833. The van der Waals surface area contributed by atoms with Crippen molar-refractivity contribution in [2.45, 2.75) is 0 Å². The summed E-state index contributed by atoms with van der Waals surface area (Å²) in [6.45, 7) is 0. The highest BCUT2D eigenvalue weighted by Gasteiger charge is 2.15. The molecule has 8 heteroatoms. The maximum Gasteiger partial charge on any atom is 0.242 e. The number of nitrogens with zero attached hydrogens (tertiary/aromatic N) is 3. The molecule has 20 heavy (non-hydrogen) atoms. The number of H-pyrrole nitrogens is 1. The van der Waals surface area contributed by atoms with E-state index in [0.29, 0.717) is 37.5 Å². The van der Waals surface area contributed by atoms with Crippen LogP contribution in [-0.2, 0) is 0 Å². The molecule has 3 rings (SSSR count). The van der Waals surface area contributed by atoms with Crippen molar-refractivity contribution in [3.05, 3.63) is 39.3 Å². The normalized spacial score (nSPS) is 10.9. The molecule has 0 bridgehead atoms. The van der Waals surface area contributed by atoms with Crippen LogP contribution in [-0.4, -0.2) is 26.6 Å². The molecule has 0 atom stereocenters. The highest BCUT2D eigenvalue weighted by molar-refractivity contribution is 7.71. The van der Waals surface area contributed by atoms with E-state index in [1.807, 2.05) is 6.07 Å². The summed E-state index contributed by atoms with van der Waals surface area (Å²) >= 11 is 17.6. The number of ether oxygens (including phenoxy) is 1. The van der Waals surface area contributed by atoms with Crippen molar-refractivity contribution in [1.29, 1.82) is 0 Å². The number of imidazole rings is 1. The summed E-state index contributed by atoms with van der Waals surface area (Å²) in [5.41, 5.74) is 1.83. The largest absolute Gasteiger partial charge is 0.479 e. The zero-order chi connectivity index (χ0) is 14.3. The van der Waals surface area contributed by atoms with Crippen LogP contribution in [0.15, 0.2) is 24.5 Å². The third kappa shape index (κ3) is 1.96. The molecule has 0 unspecified atom stereocenters. The molecule has 0 aliphatic rings. The molecule has 1 aromatic carbocycles. The lowest BCUT2D eigenvalue weighted by Crippen LogP contribution is -1.98. The number of methoxy groups -OCH3 is 1. The molecule has 3 aromatic rings. The van der Waals surface area contributed by atoms with Gasteiger partial charge in [0.15, 0.2) is 10.4 Å². The number of rotatable bonds is 2. The van der Waals surface area contributed by atoms with Gasteiger partial charge in [-0.15, -0.1) is 0 Å². The summed E-state index contributed by atoms with van der Waals surface area (Å²) in [6.07, 6.45) is 1.40. The van der Waals surface area contributed by atoms with Crippen LogP contribution in [0.1, 0.15) is 0 Å². The molecule has 2 aromatic heterocycles. The van der Waals surface area contributed by atoms with Crippen LogP contribution in [0.3, 0.4) is 0 Å². The molecule has 0 spiro atoms. The Morgan fingerprint density at radius 3 is 2.85 bits per heavy atom. The maximum absolute atomic E-state index is 6.24. The number of aromatic nitrogens is 4. The van der Waals surface area contributed by atoms with Crippen molar-refractivity contribution >= 4 is 46.6 Å². The van der Waals surface area contributed by atoms with Crippen molar-refractivity contribution in [1.82, 2.24) is 19.5 Å². The second kappa shape index (κ2) is 5.05. The van der Waals surface area contributed by atoms with E-state index in [9.17, 15) is 0 Å². The quantitative estimate of drug-likeness (QED) is 0.728. The van der Waals surface area contributed by atoms with Gasteiger partial charge in [-0.1, -0.05) is 29.3 Å². The molecule has 0 aliphatic carbocycles. The molecule has 5 nitrogen and oxygen atoms in total. The van der Waals surface area contributed by atoms with E-state index < -0.39 is 0 Å². The number of halogens is 2. The van der Waals surface area contributed by atoms with E-state index in [4.69, 9.17) is 40.2 Å². The highest BCUT2D eigenvalue weighted by atomic mass is 35.5. The topological polar surface area (TPSA) is 55.7 Å². The molecule has 0 amide bonds. The minimum atomic E-state index is 0.406. The van der Waals surface area contributed by atoms with E-state index in [1.54, 1.807) is 16.7 Å². The van der Waals surface area contributed by atoms with Crippen LogP contribution < -0.4 is 4.74 Å². The molecule has 0 saturated heterocycles. The van der Waals surface area contributed by atoms with Gasteiger partial charge in [0.05, 0.1) is 22.8 Å². The SMILES string of the molecule is COc1ncnc2c1[nH]c(=S)n2-c1cccc(Cl)c1Cl. The molecule has 2 heterocycles. The summed E-state index contributed by atoms with van der Waals surface area (Å²) in [6, 6.07) is 5.32. The van der Waals surface area contributed by atoms with Gasteiger partial charge in [0, 0.05) is 0 Å². The lowest BCUT2D eigenvalue weighted by Gasteiger charge is -2.07. The number of hydrogen-bond donors (Lipinski definition) is 1. The summed E-state index contributed by atoms with van der Waals surface area (Å²) in [5, 5.41) is 0.852. The maximum atomic E-state index is 6.24. The minimum absolute atomic E-state index is 0.406. The van der Waals surface area contributed by atoms with Crippen molar-refractivity contribution in [2.24, 2.45) is 0 Å². The third-order valence-corrected chi connectivity index (χ3v) is 3.90. The fourth-order valence-electron chi connectivity index (χ4n) is 1.94. The van der Waals surface area contributed by atoms with Gasteiger partial charge in [-0.05, 0) is 24.4 Å². The first kappa shape index (κ1) is 13.4. The predicted molar refractivity (Wildman–Crippen MR) is 80.6 cm³/mol. The number of fused-ring (bicyclic) bond motifs is 1. The van der Waals surface area contributed by atoms with E-state index in [1.165, 1.54) is 13.4 Å². The standard InChI is InChI=1S/C12H8Cl2N4OS/c1-19-11-9-10(15-5-16-11)18(12(20)17-9)7-4-2-3-6(13)8(7)14/h2-5H,1H3,(H,17,20). The van der Waals surface area contributed by atoms with Crippen LogP contribution in [0.4, 0.5) is 0 Å². The van der Waals surface area contributed by atoms with Crippen molar-refractivity contribution < 1.29 is 4.74 Å². The lowest BCUT2D eigenvalue weighted by atomic mass is 10.3. The average Bonchev–Trinajstić information content (AvgIpc) is 2.78. The van der Waals surface area contributed by atoms with E-state index in [2.05, 4.69) is 15.0 Å². The number of aromatic amines is 1. The molecule has 0 fully saturated rings. The second-order valence-corrected chi connectivity index (χ2v) is 5.09. The first-order valence-electron chi connectivity index (χ1n) is 5.57. The monoisotopic (exact) mass is 326 g/mol. The summed E-state index contributed by atoms with van der Waals surface area (Å²) in [5.74, 6) is 0.415. The van der Waals surface area contributed by atoms with Gasteiger partial charge in [-0.25, -0.2) is 4.98 Å². The van der Waals surface area contributed by atoms with Crippen LogP contribution in [0.2, 0.25) is 10.0 Å². The van der Waals surface area contributed by atoms with Crippen molar-refractivity contribution in [2.75, 3.05) is 7.11 Å². The molecule has 0 saturated carbocycles. The Bertz CT molecular complexity index is 858. The second-order valence-electron chi connectivity index (χ2n) is 3.92. The van der Waals surface area contributed by atoms with Crippen molar-refractivity contribution in [3.8, 4) is 11.6 Å². The Hall–Kier alpha value is -1.63. The third-order valence-electron chi connectivity index (χ3n) is 2.80. The van der Waals surface area contributed by atoms with E-state index in [0.717, 1.165) is 0 Å². The van der Waals surface area contributed by atoms with Crippen LogP contribution in [0.25, 0.3) is 16.9 Å². The summed E-state index contributed by atoms with van der Waals surface area (Å²) < 4.78 is 7.32. The molecule has 102 valence electrons. The van der Waals surface area contributed by atoms with Crippen LogP contribution in [0, 0.1) is 4.77 Å². The lowest BCUT2D eigenvalue weighted by molar-refractivity contribution is 0.401. The van der Waals surface area contributed by atoms with E-state index in [-0.39, 0.29) is 0 Å². The van der Waals surface area contributed by atoms with Gasteiger partial charge in [0.2, 0.25) is 5.88 Å². The zero-order valence-electron chi connectivity index (χ0n) is 10.2. The van der Waals surface area contributed by atoms with Gasteiger partial charge in [-0.3, -0.25) is 4.57 Å². The molecule has 0 radical (unpaired) electrons. The number of nitrogens with one attached hydrogen (secondary N) is 1. The molecular formula is C12H8Cl2N4OS. The van der Waals surface area contributed by atoms with Gasteiger partial charge >= 0.3 is 0 Å². The van der Waals surface area contributed by atoms with Crippen LogP contribution in [0.5, 0.6) is 5.88 Å². The first-order valence-corrected chi connectivity index (χ1v) is 6.74. The predicted octanol–water partition coefficient (Wildman–Crippen LogP) is 3.79. The number of hydrogen-bond acceptors (Lipinski definition) is 4. The Kier molecular flexibility index (Phi) is 3.37. The van der Waals surface area contributed by atoms with Gasteiger partial charge in [0.1, 0.15) is 11.8 Å². The van der Waals surface area contributed by atoms with E-state index >= 15 is 0 Å². The molecule has 0 aliphatic heterocycles. The Morgan fingerprint density at radius 1 is 1.30 bits per heavy atom. The van der Waals surface area contributed by atoms with Gasteiger partial charge < -0.3 is 9.72 Å². The van der Waals surface area contributed by atoms with Gasteiger partial charge in [0.25, 0.3) is 0 Å². The van der Waals surface area contributed by atoms with Crippen molar-refractivity contribution in [3.63, 3.8) is 0 Å². The number of benzene rings is 1. The van der Waals surface area contributed by atoms with Crippen LogP contribution >= 0.6 is 35.4 Å². The van der Waals surface area contributed by atoms with Gasteiger partial charge in [-0.2, -0.15) is 4.98 Å². The summed E-state index contributed by atoms with van der Waals surface area (Å²) in [4.78, 5) is 11.3. The molecular weight excluding hydrogens is 319 g/mol.